The number of aryl methyl sites for hydroxylation is 2. The molecule has 0 atom stereocenters. The van der Waals surface area contributed by atoms with Gasteiger partial charge in [0.1, 0.15) is 13.1 Å². The van der Waals surface area contributed by atoms with Crippen molar-refractivity contribution in [2.45, 2.75) is 40.4 Å². The van der Waals surface area contributed by atoms with Crippen molar-refractivity contribution in [3.05, 3.63) is 95.1 Å². The normalized spacial score (nSPS) is 11.7. The first-order valence-corrected chi connectivity index (χ1v) is 12.6. The molecule has 3 aromatic heterocycles. The molecule has 0 fully saturated rings. The van der Waals surface area contributed by atoms with Crippen LogP contribution in [0.2, 0.25) is 0 Å². The second-order valence-corrected chi connectivity index (χ2v) is 9.17. The molecular weight excluding hydrogens is 521 g/mol. The van der Waals surface area contributed by atoms with Crippen LogP contribution in [0.25, 0.3) is 33.5 Å². The number of nitrogens with zero attached hydrogens (tertiary/aromatic N) is 5. The van der Waals surface area contributed by atoms with E-state index in [4.69, 9.17) is 0 Å². The molecule has 0 saturated carbocycles. The Morgan fingerprint density at radius 3 is 2.48 bits per heavy atom. The number of aromatic nitrogens is 5. The number of amides is 1. The van der Waals surface area contributed by atoms with E-state index in [0.29, 0.717) is 16.7 Å². The summed E-state index contributed by atoms with van der Waals surface area (Å²) in [5.74, 6) is -0.901. The maximum atomic E-state index is 13.5. The lowest BCUT2D eigenvalue weighted by atomic mass is 10.1. The van der Waals surface area contributed by atoms with Crippen molar-refractivity contribution >= 4 is 22.5 Å². The number of hydrogen-bond acceptors (Lipinski definition) is 4. The molecule has 11 heteroatoms. The van der Waals surface area contributed by atoms with Crippen LogP contribution in [-0.2, 0) is 11.3 Å². The number of fused-ring (bicyclic) bond motifs is 2. The van der Waals surface area contributed by atoms with E-state index >= 15 is 0 Å². The SMILES string of the molecule is C/C=C\C.Cc1cc(-c2nccn3cncc23)ccc1-n1c(=O)n(CC(=O)NCC(F)(F)F)c2cccc(C)c21. The van der Waals surface area contributed by atoms with E-state index in [1.165, 1.54) is 9.13 Å². The predicted molar refractivity (Wildman–Crippen MR) is 149 cm³/mol. The Morgan fingerprint density at radius 1 is 1.05 bits per heavy atom. The number of allylic oxidation sites excluding steroid dienone is 2. The van der Waals surface area contributed by atoms with E-state index in [-0.39, 0.29) is 0 Å². The van der Waals surface area contributed by atoms with E-state index in [0.717, 1.165) is 27.9 Å². The Bertz CT molecular complexity index is 1760. The van der Waals surface area contributed by atoms with Gasteiger partial charge < -0.3 is 9.72 Å². The number of para-hydroxylation sites is 1. The molecule has 208 valence electrons. The van der Waals surface area contributed by atoms with E-state index in [1.807, 2.05) is 67.8 Å². The largest absolute Gasteiger partial charge is 0.405 e. The summed E-state index contributed by atoms with van der Waals surface area (Å²) in [5, 5.41) is 1.83. The van der Waals surface area contributed by atoms with Crippen molar-refractivity contribution in [1.29, 1.82) is 0 Å². The zero-order valence-electron chi connectivity index (χ0n) is 22.5. The summed E-state index contributed by atoms with van der Waals surface area (Å²) in [5.41, 5.74) is 5.08. The van der Waals surface area contributed by atoms with Crippen molar-refractivity contribution in [3.8, 4) is 16.9 Å². The minimum atomic E-state index is -4.54. The average molecular weight is 551 g/mol. The number of carbonyl (C=O) groups is 1. The van der Waals surface area contributed by atoms with Gasteiger partial charge in [-0.15, -0.1) is 0 Å². The van der Waals surface area contributed by atoms with E-state index < -0.39 is 30.9 Å². The molecule has 0 aliphatic carbocycles. The third-order valence-corrected chi connectivity index (χ3v) is 6.32. The second-order valence-electron chi connectivity index (χ2n) is 9.17. The monoisotopic (exact) mass is 550 g/mol. The van der Waals surface area contributed by atoms with Gasteiger partial charge in [-0.3, -0.25) is 18.9 Å². The van der Waals surface area contributed by atoms with Gasteiger partial charge in [-0.1, -0.05) is 30.4 Å². The molecule has 5 aromatic rings. The molecule has 3 heterocycles. The molecule has 40 heavy (non-hydrogen) atoms. The van der Waals surface area contributed by atoms with Gasteiger partial charge in [0.15, 0.2) is 0 Å². The summed E-state index contributed by atoms with van der Waals surface area (Å²) in [6.07, 6.45) is 6.34. The van der Waals surface area contributed by atoms with Crippen LogP contribution in [0.1, 0.15) is 25.0 Å². The number of nitrogens with one attached hydrogen (secondary N) is 1. The Labute approximate surface area is 228 Å². The van der Waals surface area contributed by atoms with Crippen molar-refractivity contribution < 1.29 is 18.0 Å². The summed E-state index contributed by atoms with van der Waals surface area (Å²) >= 11 is 0. The van der Waals surface area contributed by atoms with Gasteiger partial charge in [-0.25, -0.2) is 9.78 Å². The van der Waals surface area contributed by atoms with Gasteiger partial charge in [-0.2, -0.15) is 13.2 Å². The third-order valence-electron chi connectivity index (χ3n) is 6.32. The van der Waals surface area contributed by atoms with Crippen LogP contribution in [0.3, 0.4) is 0 Å². The van der Waals surface area contributed by atoms with E-state index in [9.17, 15) is 22.8 Å². The predicted octanol–water partition coefficient (Wildman–Crippen LogP) is 5.38. The molecule has 0 aliphatic heterocycles. The molecule has 0 bridgehead atoms. The molecule has 1 amide bonds. The minimum Gasteiger partial charge on any atom is -0.345 e. The molecule has 1 N–H and O–H groups in total. The minimum absolute atomic E-state index is 0.455. The Hall–Kier alpha value is -4.67. The Balaban J connectivity index is 0.000000867. The van der Waals surface area contributed by atoms with Crippen molar-refractivity contribution in [2.24, 2.45) is 0 Å². The number of imidazole rings is 2. The highest BCUT2D eigenvalue weighted by molar-refractivity contribution is 5.85. The summed E-state index contributed by atoms with van der Waals surface area (Å²) in [4.78, 5) is 34.4. The zero-order valence-corrected chi connectivity index (χ0v) is 22.5. The summed E-state index contributed by atoms with van der Waals surface area (Å²) < 4.78 is 42.2. The average Bonchev–Trinajstić information content (AvgIpc) is 3.51. The van der Waals surface area contributed by atoms with Crippen molar-refractivity contribution in [3.63, 3.8) is 0 Å². The number of rotatable bonds is 5. The van der Waals surface area contributed by atoms with Gasteiger partial charge in [0.25, 0.3) is 0 Å². The second kappa shape index (κ2) is 11.6. The van der Waals surface area contributed by atoms with Crippen LogP contribution in [0.5, 0.6) is 0 Å². The summed E-state index contributed by atoms with van der Waals surface area (Å²) in [7, 11) is 0. The first-order valence-electron chi connectivity index (χ1n) is 12.6. The quantitative estimate of drug-likeness (QED) is 0.298. The smallest absolute Gasteiger partial charge is 0.345 e. The van der Waals surface area contributed by atoms with Gasteiger partial charge in [0, 0.05) is 18.0 Å². The molecule has 8 nitrogen and oxygen atoms in total. The van der Waals surface area contributed by atoms with Gasteiger partial charge in [-0.05, 0) is 57.0 Å². The maximum absolute atomic E-state index is 13.5. The number of benzene rings is 2. The van der Waals surface area contributed by atoms with Gasteiger partial charge >= 0.3 is 11.9 Å². The first-order chi connectivity index (χ1) is 19.1. The number of hydrogen-bond donors (Lipinski definition) is 1. The Morgan fingerprint density at radius 2 is 1.80 bits per heavy atom. The van der Waals surface area contributed by atoms with Crippen LogP contribution >= 0.6 is 0 Å². The molecule has 0 radical (unpaired) electrons. The number of alkyl halides is 3. The van der Waals surface area contributed by atoms with E-state index in [2.05, 4.69) is 9.97 Å². The maximum Gasteiger partial charge on any atom is 0.405 e. The number of carbonyl (C=O) groups excluding carboxylic acids is 1. The van der Waals surface area contributed by atoms with Gasteiger partial charge in [0.2, 0.25) is 5.91 Å². The van der Waals surface area contributed by atoms with Crippen LogP contribution < -0.4 is 11.0 Å². The van der Waals surface area contributed by atoms with E-state index in [1.54, 1.807) is 43.1 Å². The standard InChI is InChI=1S/C25H21F3N6O2.C4H8/c1-15-4-3-5-19-23(15)34(24(36)33(19)12-21(35)31-13-25(26,27)28)18-7-6-17(10-16(18)2)22-20-11-29-14-32(20)9-8-30-22;1-3-4-2/h3-11,14H,12-13H2,1-2H3,(H,31,35);3-4H,1-2H3/b;4-3-. The van der Waals surface area contributed by atoms with Crippen LogP contribution in [-0.4, -0.2) is 42.1 Å². The lowest BCUT2D eigenvalue weighted by molar-refractivity contribution is -0.138. The molecule has 0 spiro atoms. The fraction of sp³-hybridized carbons (Fsp3) is 0.241. The van der Waals surface area contributed by atoms with Crippen LogP contribution in [0, 0.1) is 13.8 Å². The number of halogens is 3. The Kier molecular flexibility index (Phi) is 8.22. The van der Waals surface area contributed by atoms with Crippen LogP contribution in [0.4, 0.5) is 13.2 Å². The molecular formula is C29H29F3N6O2. The molecule has 0 saturated heterocycles. The van der Waals surface area contributed by atoms with Crippen molar-refractivity contribution in [2.75, 3.05) is 6.54 Å². The molecule has 0 unspecified atom stereocenters. The molecule has 2 aromatic carbocycles. The first kappa shape index (κ1) is 28.3. The zero-order chi connectivity index (χ0) is 29.0. The van der Waals surface area contributed by atoms with Gasteiger partial charge in [0.05, 0.1) is 40.5 Å². The summed E-state index contributed by atoms with van der Waals surface area (Å²) in [6.45, 7) is 5.70. The highest BCUT2D eigenvalue weighted by Crippen LogP contribution is 2.28. The molecule has 5 rings (SSSR count). The lowest BCUT2D eigenvalue weighted by Gasteiger charge is -2.11. The third kappa shape index (κ3) is 5.83. The fourth-order valence-corrected chi connectivity index (χ4v) is 4.37. The summed E-state index contributed by atoms with van der Waals surface area (Å²) in [6, 6.07) is 10.8. The highest BCUT2D eigenvalue weighted by atomic mass is 19.4. The fourth-order valence-electron chi connectivity index (χ4n) is 4.37. The van der Waals surface area contributed by atoms with Crippen molar-refractivity contribution in [1.82, 2.24) is 28.8 Å². The van der Waals surface area contributed by atoms with Crippen LogP contribution in [0.15, 0.2) is 78.3 Å². The topological polar surface area (TPSA) is 86.2 Å². The lowest BCUT2D eigenvalue weighted by Crippen LogP contribution is -2.38. The highest BCUT2D eigenvalue weighted by Gasteiger charge is 2.28. The molecule has 0 aliphatic rings.